The number of benzene rings is 2. The predicted molar refractivity (Wildman–Crippen MR) is 101 cm³/mol. The second kappa shape index (κ2) is 8.89. The molecule has 0 heterocycles. The van der Waals surface area contributed by atoms with Gasteiger partial charge < -0.3 is 0 Å². The molecule has 0 bridgehead atoms. The summed E-state index contributed by atoms with van der Waals surface area (Å²) in [7, 11) is 0. The Hall–Kier alpha value is -2.57. The molecule has 2 aromatic rings. The summed E-state index contributed by atoms with van der Waals surface area (Å²) in [6.07, 6.45) is -10.1. The van der Waals surface area contributed by atoms with E-state index < -0.39 is 57.7 Å². The van der Waals surface area contributed by atoms with Crippen molar-refractivity contribution in [2.24, 2.45) is 0 Å². The van der Waals surface area contributed by atoms with Gasteiger partial charge in [-0.1, -0.05) is 35.3 Å². The van der Waals surface area contributed by atoms with E-state index in [0.717, 1.165) is 25.1 Å². The molecule has 31 heavy (non-hydrogen) atoms. The lowest BCUT2D eigenvalue weighted by molar-refractivity contribution is -0.140. The molecule has 0 aromatic heterocycles. The second-order valence-electron chi connectivity index (χ2n) is 6.32. The molecule has 0 spiro atoms. The van der Waals surface area contributed by atoms with E-state index in [0.29, 0.717) is 6.07 Å². The van der Waals surface area contributed by atoms with Crippen LogP contribution in [0, 0.1) is 11.3 Å². The largest absolute Gasteiger partial charge is 0.417 e. The molecule has 0 saturated heterocycles. The van der Waals surface area contributed by atoms with Crippen molar-refractivity contribution < 1.29 is 35.5 Å². The normalized spacial score (nSPS) is 13.6. The highest BCUT2D eigenvalue weighted by Crippen LogP contribution is 2.41. The van der Waals surface area contributed by atoms with Gasteiger partial charge in [0.25, 0.3) is 0 Å². The maximum Gasteiger partial charge on any atom is 0.417 e. The fraction of sp³-hybridized carbons (Fsp3) is 0.200. The summed E-state index contributed by atoms with van der Waals surface area (Å²) in [6.45, 7) is 0.868. The molecule has 0 fully saturated rings. The monoisotopic (exact) mass is 483 g/mol. The Balaban J connectivity index is 2.65. The van der Waals surface area contributed by atoms with Crippen LogP contribution in [0.2, 0.25) is 10.0 Å². The molecular formula is C20H10Cl2F7NO. The number of hydrogen-bond acceptors (Lipinski definition) is 2. The van der Waals surface area contributed by atoms with Gasteiger partial charge in [-0.25, -0.2) is 4.39 Å². The maximum atomic E-state index is 14.6. The van der Waals surface area contributed by atoms with Gasteiger partial charge in [0.15, 0.2) is 5.78 Å². The van der Waals surface area contributed by atoms with Gasteiger partial charge in [-0.3, -0.25) is 4.79 Å². The fourth-order valence-electron chi connectivity index (χ4n) is 2.73. The smallest absolute Gasteiger partial charge is 0.294 e. The number of hydrogen-bond donors (Lipinski definition) is 0. The van der Waals surface area contributed by atoms with Crippen LogP contribution in [0.3, 0.4) is 0 Å². The zero-order chi connectivity index (χ0) is 23.7. The molecule has 11 heteroatoms. The minimum atomic E-state index is -5.08. The van der Waals surface area contributed by atoms with Crippen LogP contribution in [0.25, 0.3) is 5.83 Å². The summed E-state index contributed by atoms with van der Waals surface area (Å²) < 4.78 is 95.0. The summed E-state index contributed by atoms with van der Waals surface area (Å²) in [6, 6.07) is 4.80. The molecular weight excluding hydrogens is 474 g/mol. The van der Waals surface area contributed by atoms with Crippen LogP contribution in [0.5, 0.6) is 0 Å². The zero-order valence-corrected chi connectivity index (χ0v) is 16.8. The standard InChI is InChI=1S/C20H10Cl2F7NO/c1-9(31)13-3-2-10(5-15(13)20(27,28)29)17(23)7-14(19(24,25)26)11-4-12(8-30)18(22)16(21)6-11/h2-7,14H,1H3/b17-7-. The van der Waals surface area contributed by atoms with Gasteiger partial charge in [0, 0.05) is 11.1 Å². The molecule has 1 atom stereocenters. The van der Waals surface area contributed by atoms with Crippen LogP contribution in [0.15, 0.2) is 36.4 Å². The highest BCUT2D eigenvalue weighted by atomic mass is 35.5. The van der Waals surface area contributed by atoms with E-state index in [1.54, 1.807) is 6.07 Å². The van der Waals surface area contributed by atoms with Crippen LogP contribution in [0.1, 0.15) is 45.5 Å². The second-order valence-corrected chi connectivity index (χ2v) is 7.11. The first-order valence-corrected chi connectivity index (χ1v) is 8.98. The van der Waals surface area contributed by atoms with Crippen molar-refractivity contribution in [2.75, 3.05) is 0 Å². The molecule has 0 amide bonds. The zero-order valence-electron chi connectivity index (χ0n) is 15.3. The minimum absolute atomic E-state index is 0.0592. The van der Waals surface area contributed by atoms with Crippen LogP contribution >= 0.6 is 23.2 Å². The molecule has 0 N–H and O–H groups in total. The minimum Gasteiger partial charge on any atom is -0.294 e. The third-order valence-corrected chi connectivity index (χ3v) is 4.98. The van der Waals surface area contributed by atoms with Crippen molar-refractivity contribution in [1.29, 1.82) is 5.26 Å². The van der Waals surface area contributed by atoms with E-state index >= 15 is 0 Å². The predicted octanol–water partition coefficient (Wildman–Crippen LogP) is 7.74. The average Bonchev–Trinajstić information content (AvgIpc) is 2.65. The maximum absolute atomic E-state index is 14.6. The summed E-state index contributed by atoms with van der Waals surface area (Å²) in [5.74, 6) is -5.21. The third-order valence-electron chi connectivity index (χ3n) is 4.18. The molecule has 0 aliphatic rings. The van der Waals surface area contributed by atoms with Gasteiger partial charge in [-0.05, 0) is 36.8 Å². The van der Waals surface area contributed by atoms with Crippen LogP contribution in [-0.2, 0) is 6.18 Å². The molecule has 0 radical (unpaired) electrons. The summed E-state index contributed by atoms with van der Waals surface area (Å²) in [5, 5.41) is 8.31. The van der Waals surface area contributed by atoms with Crippen molar-refractivity contribution in [3.63, 3.8) is 0 Å². The van der Waals surface area contributed by atoms with E-state index in [9.17, 15) is 35.5 Å². The van der Waals surface area contributed by atoms with Crippen LogP contribution in [0.4, 0.5) is 30.7 Å². The number of Topliss-reactive ketones (excluding diaryl/α,β-unsaturated/α-hetero) is 1. The summed E-state index contributed by atoms with van der Waals surface area (Å²) in [4.78, 5) is 11.4. The van der Waals surface area contributed by atoms with Gasteiger partial charge in [-0.2, -0.15) is 31.6 Å². The molecule has 0 aliphatic carbocycles. The number of nitriles is 1. The Bertz CT molecular complexity index is 1100. The van der Waals surface area contributed by atoms with Gasteiger partial charge in [0.2, 0.25) is 0 Å². The lowest BCUT2D eigenvalue weighted by Crippen LogP contribution is -2.19. The Morgan fingerprint density at radius 3 is 2.19 bits per heavy atom. The number of rotatable bonds is 4. The van der Waals surface area contributed by atoms with Gasteiger partial charge in [0.05, 0.1) is 21.2 Å². The van der Waals surface area contributed by atoms with Crippen LogP contribution in [-0.4, -0.2) is 12.0 Å². The van der Waals surface area contributed by atoms with Crippen molar-refractivity contribution in [1.82, 2.24) is 0 Å². The number of halogens is 9. The van der Waals surface area contributed by atoms with Gasteiger partial charge in [0.1, 0.15) is 17.8 Å². The highest BCUT2D eigenvalue weighted by Gasteiger charge is 2.41. The van der Waals surface area contributed by atoms with E-state index in [4.69, 9.17) is 28.5 Å². The van der Waals surface area contributed by atoms with Crippen molar-refractivity contribution in [2.45, 2.75) is 25.2 Å². The first-order chi connectivity index (χ1) is 14.2. The number of allylic oxidation sites excluding steroid dienone is 1. The lowest BCUT2D eigenvalue weighted by atomic mass is 9.94. The average molecular weight is 484 g/mol. The van der Waals surface area contributed by atoms with E-state index in [1.807, 2.05) is 0 Å². The number of carbonyl (C=O) groups excluding carboxylic acids is 1. The van der Waals surface area contributed by atoms with Crippen molar-refractivity contribution in [3.8, 4) is 6.07 Å². The first-order valence-electron chi connectivity index (χ1n) is 8.22. The Morgan fingerprint density at radius 1 is 1.10 bits per heavy atom. The number of nitrogens with zero attached hydrogens (tertiary/aromatic N) is 1. The van der Waals surface area contributed by atoms with Gasteiger partial charge in [-0.15, -0.1) is 0 Å². The molecule has 2 rings (SSSR count). The van der Waals surface area contributed by atoms with E-state index in [-0.39, 0.29) is 22.2 Å². The molecule has 164 valence electrons. The van der Waals surface area contributed by atoms with Gasteiger partial charge >= 0.3 is 12.4 Å². The van der Waals surface area contributed by atoms with E-state index in [2.05, 4.69) is 0 Å². The molecule has 2 nitrogen and oxygen atoms in total. The number of alkyl halides is 6. The van der Waals surface area contributed by atoms with Crippen molar-refractivity contribution >= 4 is 34.8 Å². The summed E-state index contributed by atoms with van der Waals surface area (Å²) in [5.41, 5.74) is -4.07. The Morgan fingerprint density at radius 2 is 1.71 bits per heavy atom. The Kier molecular flexibility index (Phi) is 7.08. The summed E-state index contributed by atoms with van der Waals surface area (Å²) >= 11 is 11.5. The molecule has 0 aliphatic heterocycles. The SMILES string of the molecule is CC(=O)c1ccc(/C(F)=C/C(c2cc(Cl)c(Cl)c(C#N)c2)C(F)(F)F)cc1C(F)(F)F. The molecule has 0 saturated carbocycles. The lowest BCUT2D eigenvalue weighted by Gasteiger charge is -2.19. The quantitative estimate of drug-likeness (QED) is 0.329. The Labute approximate surface area is 181 Å². The van der Waals surface area contributed by atoms with Crippen LogP contribution < -0.4 is 0 Å². The first kappa shape index (κ1) is 24.7. The number of ketones is 1. The van der Waals surface area contributed by atoms with E-state index in [1.165, 1.54) is 0 Å². The highest BCUT2D eigenvalue weighted by molar-refractivity contribution is 6.42. The fourth-order valence-corrected chi connectivity index (χ4v) is 3.11. The third kappa shape index (κ3) is 5.57. The number of carbonyl (C=O) groups is 1. The molecule has 2 aromatic carbocycles. The molecule has 1 unspecified atom stereocenters. The topological polar surface area (TPSA) is 40.9 Å². The van der Waals surface area contributed by atoms with Crippen molar-refractivity contribution in [3.05, 3.63) is 74.3 Å².